The average Bonchev–Trinajstić information content (AvgIpc) is 1.64. The van der Waals surface area contributed by atoms with E-state index < -0.39 is 12.1 Å². The lowest BCUT2D eigenvalue weighted by atomic mass is 9.76. The first-order valence-electron chi connectivity index (χ1n) is 47.1. The number of anilines is 4. The molecule has 5 atom stereocenters. The number of benzene rings is 4. The highest BCUT2D eigenvalue weighted by atomic mass is 16.5. The molecule has 0 bridgehead atoms. The molecule has 4 aromatic carbocycles. The molecule has 12 heterocycles. The van der Waals surface area contributed by atoms with Crippen LogP contribution in [0.25, 0.3) is 89.2 Å². The number of likely N-dealkylation sites (tertiary alicyclic amines) is 2. The van der Waals surface area contributed by atoms with Crippen molar-refractivity contribution in [3.63, 3.8) is 0 Å². The predicted molar refractivity (Wildman–Crippen MR) is 514 cm³/mol. The molecule has 688 valence electrons. The van der Waals surface area contributed by atoms with E-state index in [0.29, 0.717) is 74.0 Å². The van der Waals surface area contributed by atoms with Gasteiger partial charge in [0.15, 0.2) is 0 Å². The zero-order valence-electron chi connectivity index (χ0n) is 79.1. The van der Waals surface area contributed by atoms with Gasteiger partial charge in [0.2, 0.25) is 35.4 Å². The Labute approximate surface area is 761 Å². The molecular weight excluding hydrogens is 1630 g/mol. The minimum atomic E-state index is -0.461. The first-order chi connectivity index (χ1) is 62.0. The molecule has 8 N–H and O–H groups in total. The largest absolute Gasteiger partial charge is 0.379 e. The highest BCUT2D eigenvalue weighted by molar-refractivity contribution is 6.04. The number of H-pyrrole nitrogens is 8. The van der Waals surface area contributed by atoms with Gasteiger partial charge in [0.25, 0.3) is 0 Å². The number of morpholine rings is 2. The number of hydrogen-bond donors (Lipinski definition) is 8. The quantitative estimate of drug-likeness (QED) is 0.0446. The maximum Gasteiger partial charge on any atom is 0.249 e. The Morgan fingerprint density at radius 1 is 0.377 bits per heavy atom. The van der Waals surface area contributed by atoms with Gasteiger partial charge in [-0.2, -0.15) is 20.4 Å². The number of fused-ring (bicyclic) bond motifs is 8. The van der Waals surface area contributed by atoms with E-state index in [1.54, 1.807) is 43.5 Å². The van der Waals surface area contributed by atoms with Gasteiger partial charge in [0, 0.05) is 191 Å². The Kier molecular flexibility index (Phi) is 25.3. The fraction of sp³-hybridized carbons (Fsp3) is 0.510. The summed E-state index contributed by atoms with van der Waals surface area (Å²) in [5.74, 6) is 0.191. The molecule has 4 aliphatic heterocycles. The second kappa shape index (κ2) is 36.4. The van der Waals surface area contributed by atoms with Crippen LogP contribution in [0.1, 0.15) is 193 Å². The first-order valence-corrected chi connectivity index (χ1v) is 47.1. The van der Waals surface area contributed by atoms with Crippen molar-refractivity contribution in [2.75, 3.05) is 107 Å². The van der Waals surface area contributed by atoms with Crippen molar-refractivity contribution in [3.05, 3.63) is 142 Å². The van der Waals surface area contributed by atoms with Gasteiger partial charge in [-0.3, -0.25) is 59.0 Å². The van der Waals surface area contributed by atoms with Gasteiger partial charge in [-0.25, -0.2) is 0 Å². The van der Waals surface area contributed by atoms with Crippen molar-refractivity contribution in [2.24, 2.45) is 21.7 Å². The smallest absolute Gasteiger partial charge is 0.249 e. The Morgan fingerprint density at radius 2 is 0.677 bits per heavy atom. The number of piperidine rings is 1. The summed E-state index contributed by atoms with van der Waals surface area (Å²) in [4.78, 5) is 106. The zero-order chi connectivity index (χ0) is 91.7. The minimum absolute atomic E-state index is 0.0643. The molecule has 20 rings (SSSR count). The fourth-order valence-corrected chi connectivity index (χ4v) is 20.9. The monoisotopic (exact) mass is 1770 g/mol. The average molecular weight is 1770 g/mol. The Morgan fingerprint density at radius 3 is 0.985 bits per heavy atom. The summed E-state index contributed by atoms with van der Waals surface area (Å²) >= 11 is 0. The summed E-state index contributed by atoms with van der Waals surface area (Å²) in [6.07, 6.45) is 16.7. The molecule has 0 spiro atoms. The van der Waals surface area contributed by atoms with Gasteiger partial charge >= 0.3 is 0 Å². The second-order valence-corrected chi connectivity index (χ2v) is 41.1. The number of carbonyl (C=O) groups is 6. The number of nitrogens with one attached hydrogen (secondary N) is 8. The van der Waals surface area contributed by atoms with E-state index in [0.717, 1.165) is 215 Å². The van der Waals surface area contributed by atoms with E-state index in [1.165, 1.54) is 57.9 Å². The van der Waals surface area contributed by atoms with Gasteiger partial charge in [0.1, 0.15) is 34.9 Å². The lowest BCUT2D eigenvalue weighted by Crippen LogP contribution is -2.54. The predicted octanol–water partition coefficient (Wildman–Crippen LogP) is 16.4. The van der Waals surface area contributed by atoms with Gasteiger partial charge in [0.05, 0.1) is 61.3 Å². The molecular formula is C102H132N20O8. The number of aromatic nitrogens is 12. The summed E-state index contributed by atoms with van der Waals surface area (Å²) in [5, 5.41) is 36.1. The molecule has 4 saturated heterocycles. The van der Waals surface area contributed by atoms with E-state index in [4.69, 9.17) is 9.47 Å². The van der Waals surface area contributed by atoms with E-state index in [-0.39, 0.29) is 53.6 Å². The van der Waals surface area contributed by atoms with Gasteiger partial charge in [-0.05, 0) is 225 Å². The van der Waals surface area contributed by atoms with Crippen LogP contribution in [0, 0.1) is 21.7 Å². The minimum Gasteiger partial charge on any atom is -0.379 e. The summed E-state index contributed by atoms with van der Waals surface area (Å²) < 4.78 is 11.0. The topological polar surface area (TPSA) is 325 Å². The van der Waals surface area contributed by atoms with Crippen molar-refractivity contribution < 1.29 is 38.2 Å². The molecule has 0 radical (unpaired) electrons. The molecule has 8 aliphatic rings. The molecule has 4 aliphatic carbocycles. The van der Waals surface area contributed by atoms with Crippen LogP contribution in [0.15, 0.2) is 97.1 Å². The molecule has 4 unspecified atom stereocenters. The highest BCUT2D eigenvalue weighted by Gasteiger charge is 2.39. The normalized spacial score (nSPS) is 19.7. The van der Waals surface area contributed by atoms with Crippen molar-refractivity contribution >= 4 is 102 Å². The van der Waals surface area contributed by atoms with E-state index in [9.17, 15) is 28.8 Å². The van der Waals surface area contributed by atoms with Gasteiger partial charge in [-0.1, -0.05) is 79.7 Å². The molecule has 12 aromatic rings. The zero-order valence-corrected chi connectivity index (χ0v) is 79.1. The third kappa shape index (κ3) is 18.7. The highest BCUT2D eigenvalue weighted by Crippen LogP contribution is 2.44. The summed E-state index contributed by atoms with van der Waals surface area (Å²) in [6, 6.07) is 31.9. The number of ether oxygens (including phenoxy) is 2. The molecule has 4 fully saturated rings. The van der Waals surface area contributed by atoms with Crippen LogP contribution in [0.3, 0.4) is 0 Å². The Balaban J connectivity index is 0.000000121. The third-order valence-corrected chi connectivity index (χ3v) is 29.3. The van der Waals surface area contributed by atoms with Gasteiger partial charge < -0.3 is 58.8 Å². The van der Waals surface area contributed by atoms with Crippen molar-refractivity contribution in [1.29, 1.82) is 0 Å². The Bertz CT molecular complexity index is 6230. The van der Waals surface area contributed by atoms with Crippen LogP contribution < -0.4 is 19.6 Å². The maximum atomic E-state index is 13.2. The van der Waals surface area contributed by atoms with Crippen LogP contribution in [-0.4, -0.2) is 233 Å². The molecule has 28 nitrogen and oxygen atoms in total. The first kappa shape index (κ1) is 90.5. The summed E-state index contributed by atoms with van der Waals surface area (Å²) in [7, 11) is 7.28. The maximum absolute atomic E-state index is 13.2. The van der Waals surface area contributed by atoms with E-state index >= 15 is 0 Å². The van der Waals surface area contributed by atoms with Crippen LogP contribution >= 0.6 is 0 Å². The van der Waals surface area contributed by atoms with Crippen molar-refractivity contribution in [2.45, 2.75) is 229 Å². The summed E-state index contributed by atoms with van der Waals surface area (Å²) in [5.41, 5.74) is 27.0. The lowest BCUT2D eigenvalue weighted by Gasteiger charge is -2.38. The number of nitrogens with zero attached hydrogens (tertiary/aromatic N) is 12. The van der Waals surface area contributed by atoms with Crippen molar-refractivity contribution in [3.8, 4) is 45.6 Å². The molecule has 130 heavy (non-hydrogen) atoms. The number of amides is 6. The van der Waals surface area contributed by atoms with Gasteiger partial charge in [-0.15, -0.1) is 0 Å². The van der Waals surface area contributed by atoms with Crippen LogP contribution in [-0.2, 0) is 89.6 Å². The lowest BCUT2D eigenvalue weighted by molar-refractivity contribution is -0.140. The fourth-order valence-electron chi connectivity index (χ4n) is 20.9. The SMILES string of the molecule is CC(C(=O)N(C)c1ccc2cc(-c3n[nH]c4c3CCC(C)(C)C4)[nH]c2c1)N1CCCC1=O.CC(C(=O)N(C)c1ccc2cc(-c3n[nH]c4c3CCC(C)(C)C4)[nH]c2c1)N1CCCCC1=O.CC1COCCN1C(C)C(=O)N(C)c1ccc2cc(-c3n[nH]c4c3CCC(C)(C)C4)[nH]c2c1.C[C@H](C(=O)N(C)c1ccc2cc(-c3n[nH]c4c3CCC(C)(C)C4)[nH]c2c1)N1CCOCC1. The van der Waals surface area contributed by atoms with Crippen molar-refractivity contribution in [1.82, 2.24) is 80.3 Å². The number of carbonyl (C=O) groups excluding carboxylic acids is 6. The Hall–Kier alpha value is -11.5. The third-order valence-electron chi connectivity index (χ3n) is 29.3. The van der Waals surface area contributed by atoms with E-state index in [2.05, 4.69) is 181 Å². The number of hydrogen-bond acceptors (Lipinski definition) is 14. The van der Waals surface area contributed by atoms with Crippen LogP contribution in [0.4, 0.5) is 22.7 Å². The molecule has 6 amide bonds. The number of likely N-dealkylation sites (N-methyl/N-ethyl adjacent to an activating group) is 4. The molecule has 0 saturated carbocycles. The molecule has 8 aromatic heterocycles. The summed E-state index contributed by atoms with van der Waals surface area (Å²) in [6.45, 7) is 34.6. The number of rotatable bonds is 16. The molecule has 28 heteroatoms. The standard InChI is InChI=1S/C26H35N5O2.C26H33N5O2.C25H33N5O2.C25H31N5O2/c1-16-15-33-11-10-31(16)17(2)25(32)30(5)19-7-6-18-12-22(27-21(18)13-19)24-20-8-9-26(3,4)14-23(20)28-29-24;1-16(31-12-6-5-7-23(31)32)25(33)30(4)18-9-8-17-13-21(27-20(17)14-18)24-19-10-11-26(2,3)15-22(19)28-29-24;1-16(30-9-11-32-12-10-30)24(31)29(4)18-6-5-17-13-21(26-20(17)14-18)23-19-7-8-25(2,3)15-22(19)27-28-23;1-15(30-11-5-6-22(30)31)24(32)29(4)17-8-7-16-12-20(26-19(16)13-17)23-18-9-10-25(2,3)14-21(18)27-28-23/h6-7,12-13,16-17,27H,8-11,14-15H2,1-5H3,(H,28,29);8-9,13-14,16,27H,5-7,10-12,15H2,1-4H3,(H,28,29);5-6,13-14,16,26H,7-12,15H2,1-4H3,(H,27,28);7-8,12-13,15,26H,5-6,9-11,14H2,1-4H3,(H,27,28)/t;;16-;/m..1./s1. The van der Waals surface area contributed by atoms with E-state index in [1.807, 2.05) is 90.3 Å². The second-order valence-electron chi connectivity index (χ2n) is 41.1. The number of aromatic amines is 8. The van der Waals surface area contributed by atoms with Crippen LogP contribution in [0.2, 0.25) is 0 Å². The van der Waals surface area contributed by atoms with Crippen LogP contribution in [0.5, 0.6) is 0 Å².